The highest BCUT2D eigenvalue weighted by molar-refractivity contribution is 6.07. The van der Waals surface area contributed by atoms with Crippen molar-refractivity contribution in [2.75, 3.05) is 11.9 Å². The molecule has 0 saturated carbocycles. The predicted molar refractivity (Wildman–Crippen MR) is 101 cm³/mol. The molecule has 3 aromatic carbocycles. The van der Waals surface area contributed by atoms with Crippen molar-refractivity contribution in [3.63, 3.8) is 0 Å². The maximum atomic E-state index is 12.1. The fraction of sp³-hybridized carbons (Fsp3) is 0.0952. The van der Waals surface area contributed by atoms with Crippen LogP contribution in [-0.4, -0.2) is 17.5 Å². The van der Waals surface area contributed by atoms with Gasteiger partial charge in [0.25, 0.3) is 5.91 Å². The van der Waals surface area contributed by atoms with E-state index in [1.165, 1.54) is 5.39 Å². The molecule has 0 unspecified atom stereocenters. The summed E-state index contributed by atoms with van der Waals surface area (Å²) in [5.41, 5.74) is 3.97. The zero-order valence-corrected chi connectivity index (χ0v) is 13.9. The highest BCUT2D eigenvalue weighted by Gasteiger charge is 2.07. The molecule has 1 aromatic heterocycles. The summed E-state index contributed by atoms with van der Waals surface area (Å²) in [5, 5.41) is 5.17. The Labute approximate surface area is 145 Å². The summed E-state index contributed by atoms with van der Waals surface area (Å²) >= 11 is 0. The quantitative estimate of drug-likeness (QED) is 0.572. The maximum absolute atomic E-state index is 12.1. The highest BCUT2D eigenvalue weighted by Crippen LogP contribution is 2.28. The highest BCUT2D eigenvalue weighted by atomic mass is 16.5. The van der Waals surface area contributed by atoms with Gasteiger partial charge < -0.3 is 15.0 Å². The zero-order valence-electron chi connectivity index (χ0n) is 13.9. The number of hydrogen-bond donors (Lipinski definition) is 2. The van der Waals surface area contributed by atoms with Gasteiger partial charge in [-0.15, -0.1) is 0 Å². The number of H-pyrrole nitrogens is 1. The average Bonchev–Trinajstić information content (AvgIpc) is 2.98. The predicted octanol–water partition coefficient (Wildman–Crippen LogP) is 4.65. The lowest BCUT2D eigenvalue weighted by atomic mass is 10.1. The Morgan fingerprint density at radius 1 is 0.960 bits per heavy atom. The first-order valence-electron chi connectivity index (χ1n) is 8.19. The normalized spacial score (nSPS) is 10.9. The van der Waals surface area contributed by atoms with E-state index in [4.69, 9.17) is 4.74 Å². The van der Waals surface area contributed by atoms with Crippen LogP contribution in [0.5, 0.6) is 5.75 Å². The number of nitrogens with one attached hydrogen (secondary N) is 2. The molecule has 0 atom stereocenters. The molecule has 4 aromatic rings. The third-order valence-electron chi connectivity index (χ3n) is 4.15. The van der Waals surface area contributed by atoms with Gasteiger partial charge in [0.15, 0.2) is 6.61 Å². The number of carbonyl (C=O) groups is 1. The van der Waals surface area contributed by atoms with Crippen LogP contribution in [0, 0.1) is 6.92 Å². The number of hydrogen-bond acceptors (Lipinski definition) is 2. The molecule has 4 rings (SSSR count). The van der Waals surface area contributed by atoms with Crippen molar-refractivity contribution in [3.05, 3.63) is 72.3 Å². The van der Waals surface area contributed by atoms with Crippen LogP contribution in [0.15, 0.2) is 66.7 Å². The molecule has 0 aliphatic carbocycles. The molecule has 2 N–H and O–H groups in total. The summed E-state index contributed by atoms with van der Waals surface area (Å²) in [5.74, 6) is 0.487. The minimum absolute atomic E-state index is 0.0281. The first-order valence-corrected chi connectivity index (χ1v) is 8.19. The van der Waals surface area contributed by atoms with E-state index >= 15 is 0 Å². The van der Waals surface area contributed by atoms with Crippen LogP contribution in [0.25, 0.3) is 21.8 Å². The summed E-state index contributed by atoms with van der Waals surface area (Å²) in [6.07, 6.45) is 0. The molecule has 25 heavy (non-hydrogen) atoms. The third kappa shape index (κ3) is 3.19. The molecule has 4 heteroatoms. The summed E-state index contributed by atoms with van der Waals surface area (Å²) in [4.78, 5) is 15.4. The number of anilines is 1. The van der Waals surface area contributed by atoms with Crippen molar-refractivity contribution in [3.8, 4) is 5.75 Å². The first-order chi connectivity index (χ1) is 12.2. The van der Waals surface area contributed by atoms with Gasteiger partial charge in [-0.25, -0.2) is 0 Å². The van der Waals surface area contributed by atoms with Gasteiger partial charge in [-0.05, 0) is 42.8 Å². The van der Waals surface area contributed by atoms with E-state index < -0.39 is 0 Å². The lowest BCUT2D eigenvalue weighted by molar-refractivity contribution is -0.118. The molecule has 4 nitrogen and oxygen atoms in total. The molecule has 1 amide bonds. The molecule has 1 heterocycles. The van der Waals surface area contributed by atoms with E-state index in [0.29, 0.717) is 5.75 Å². The number of rotatable bonds is 4. The fourth-order valence-corrected chi connectivity index (χ4v) is 2.99. The van der Waals surface area contributed by atoms with E-state index in [0.717, 1.165) is 27.7 Å². The Bertz CT molecular complexity index is 1070. The number of amides is 1. The largest absolute Gasteiger partial charge is 0.484 e. The summed E-state index contributed by atoms with van der Waals surface area (Å²) < 4.78 is 5.64. The van der Waals surface area contributed by atoms with Gasteiger partial charge in [-0.1, -0.05) is 30.3 Å². The monoisotopic (exact) mass is 330 g/mol. The number of para-hydroxylation sites is 1. The molecule has 0 fully saturated rings. The van der Waals surface area contributed by atoms with Gasteiger partial charge in [-0.2, -0.15) is 0 Å². The van der Waals surface area contributed by atoms with Gasteiger partial charge in [-0.3, -0.25) is 4.79 Å². The van der Waals surface area contributed by atoms with E-state index in [9.17, 15) is 4.79 Å². The number of carbonyl (C=O) groups excluding carboxylic acids is 1. The SMILES string of the molecule is Cc1cccc(NC(=O)COc2ccc3c(c2)[nH]c2ccccc23)c1. The van der Waals surface area contributed by atoms with Crippen molar-refractivity contribution in [2.45, 2.75) is 6.92 Å². The first kappa shape index (κ1) is 15.3. The number of ether oxygens (including phenoxy) is 1. The van der Waals surface area contributed by atoms with Gasteiger partial charge >= 0.3 is 0 Å². The average molecular weight is 330 g/mol. The second-order valence-corrected chi connectivity index (χ2v) is 6.08. The van der Waals surface area contributed by atoms with E-state index in [1.807, 2.05) is 67.6 Å². The molecule has 0 aliphatic rings. The fourth-order valence-electron chi connectivity index (χ4n) is 2.99. The van der Waals surface area contributed by atoms with Crippen LogP contribution in [0.3, 0.4) is 0 Å². The number of aromatic nitrogens is 1. The molecule has 0 bridgehead atoms. The molecule has 0 aliphatic heterocycles. The summed E-state index contributed by atoms with van der Waals surface area (Å²) in [6.45, 7) is 1.96. The van der Waals surface area contributed by atoms with E-state index in [-0.39, 0.29) is 12.5 Å². The van der Waals surface area contributed by atoms with Crippen LogP contribution >= 0.6 is 0 Å². The Morgan fingerprint density at radius 2 is 1.80 bits per heavy atom. The second-order valence-electron chi connectivity index (χ2n) is 6.08. The molecule has 0 saturated heterocycles. The number of benzene rings is 3. The van der Waals surface area contributed by atoms with Gasteiger partial charge in [0.05, 0.1) is 5.52 Å². The molecular formula is C21H18N2O2. The maximum Gasteiger partial charge on any atom is 0.262 e. The Hall–Kier alpha value is -3.27. The third-order valence-corrected chi connectivity index (χ3v) is 4.15. The Balaban J connectivity index is 1.47. The van der Waals surface area contributed by atoms with Gasteiger partial charge in [0.1, 0.15) is 5.75 Å². The van der Waals surface area contributed by atoms with E-state index in [2.05, 4.69) is 16.4 Å². The number of fused-ring (bicyclic) bond motifs is 3. The van der Waals surface area contributed by atoms with Crippen molar-refractivity contribution < 1.29 is 9.53 Å². The van der Waals surface area contributed by atoms with Gasteiger partial charge in [0.2, 0.25) is 0 Å². The zero-order chi connectivity index (χ0) is 17.2. The molecule has 0 radical (unpaired) electrons. The van der Waals surface area contributed by atoms with Crippen LogP contribution in [0.1, 0.15) is 5.56 Å². The summed E-state index contributed by atoms with van der Waals surface area (Å²) in [6, 6.07) is 21.7. The van der Waals surface area contributed by atoms with Crippen molar-refractivity contribution in [1.82, 2.24) is 4.98 Å². The van der Waals surface area contributed by atoms with Crippen LogP contribution in [0.2, 0.25) is 0 Å². The molecule has 0 spiro atoms. The summed E-state index contributed by atoms with van der Waals surface area (Å²) in [7, 11) is 0. The number of aromatic amines is 1. The van der Waals surface area contributed by atoms with Crippen molar-refractivity contribution in [2.24, 2.45) is 0 Å². The number of aryl methyl sites for hydroxylation is 1. The molecular weight excluding hydrogens is 312 g/mol. The standard InChI is InChI=1S/C21H18N2O2/c1-14-5-4-6-15(11-14)22-21(24)13-25-16-9-10-18-17-7-2-3-8-19(17)23-20(18)12-16/h2-12,23H,13H2,1H3,(H,22,24). The molecule has 124 valence electrons. The Kier molecular flexibility index (Phi) is 3.86. The van der Waals surface area contributed by atoms with Crippen molar-refractivity contribution in [1.29, 1.82) is 0 Å². The minimum atomic E-state index is -0.178. The van der Waals surface area contributed by atoms with E-state index in [1.54, 1.807) is 0 Å². The smallest absolute Gasteiger partial charge is 0.262 e. The lowest BCUT2D eigenvalue weighted by Crippen LogP contribution is -2.20. The van der Waals surface area contributed by atoms with Gasteiger partial charge in [0, 0.05) is 28.0 Å². The van der Waals surface area contributed by atoms with Crippen LogP contribution < -0.4 is 10.1 Å². The Morgan fingerprint density at radius 3 is 2.68 bits per heavy atom. The topological polar surface area (TPSA) is 54.1 Å². The lowest BCUT2D eigenvalue weighted by Gasteiger charge is -2.08. The van der Waals surface area contributed by atoms with Crippen LogP contribution in [0.4, 0.5) is 5.69 Å². The minimum Gasteiger partial charge on any atom is -0.484 e. The van der Waals surface area contributed by atoms with Crippen LogP contribution in [-0.2, 0) is 4.79 Å². The van der Waals surface area contributed by atoms with Crippen molar-refractivity contribution >= 4 is 33.4 Å². The second kappa shape index (κ2) is 6.32.